The Labute approximate surface area is 107 Å². The van der Waals surface area contributed by atoms with Crippen LogP contribution in [-0.2, 0) is 6.42 Å². The minimum atomic E-state index is -0.155. The van der Waals surface area contributed by atoms with Crippen LogP contribution in [0.15, 0.2) is 30.7 Å². The van der Waals surface area contributed by atoms with Gasteiger partial charge in [0.15, 0.2) is 0 Å². The molecule has 2 heterocycles. The average molecular weight is 242 g/mol. The SMILES string of the molecule is Cc1cnc(C(N)Cc2cnccc2N)c(C)c1. The Kier molecular flexibility index (Phi) is 3.58. The normalized spacial score (nSPS) is 12.4. The third-order valence-corrected chi connectivity index (χ3v) is 2.99. The Balaban J connectivity index is 2.22. The van der Waals surface area contributed by atoms with Gasteiger partial charge in [-0.2, -0.15) is 0 Å². The van der Waals surface area contributed by atoms with E-state index in [1.54, 1.807) is 18.5 Å². The maximum absolute atomic E-state index is 6.20. The first-order valence-corrected chi connectivity index (χ1v) is 5.95. The van der Waals surface area contributed by atoms with Gasteiger partial charge in [0.25, 0.3) is 0 Å². The molecule has 0 aliphatic heterocycles. The van der Waals surface area contributed by atoms with Crippen LogP contribution in [0.4, 0.5) is 5.69 Å². The zero-order chi connectivity index (χ0) is 13.1. The fourth-order valence-electron chi connectivity index (χ4n) is 2.06. The summed E-state index contributed by atoms with van der Waals surface area (Å²) in [6.45, 7) is 4.05. The molecule has 0 saturated carbocycles. The van der Waals surface area contributed by atoms with Crippen molar-refractivity contribution in [2.24, 2.45) is 5.73 Å². The van der Waals surface area contributed by atoms with Gasteiger partial charge in [0.05, 0.1) is 11.7 Å². The highest BCUT2D eigenvalue weighted by molar-refractivity contribution is 5.45. The van der Waals surface area contributed by atoms with Crippen LogP contribution in [0.1, 0.15) is 28.4 Å². The summed E-state index contributed by atoms with van der Waals surface area (Å²) in [5.74, 6) is 0. The molecule has 18 heavy (non-hydrogen) atoms. The predicted molar refractivity (Wildman–Crippen MR) is 73.0 cm³/mol. The molecule has 0 saturated heterocycles. The van der Waals surface area contributed by atoms with Gasteiger partial charge in [0.2, 0.25) is 0 Å². The molecule has 2 aromatic rings. The molecule has 0 bridgehead atoms. The van der Waals surface area contributed by atoms with E-state index in [0.717, 1.165) is 28.1 Å². The highest BCUT2D eigenvalue weighted by Gasteiger charge is 2.13. The Morgan fingerprint density at radius 2 is 2.06 bits per heavy atom. The van der Waals surface area contributed by atoms with Gasteiger partial charge in [-0.05, 0) is 43.0 Å². The molecule has 1 atom stereocenters. The van der Waals surface area contributed by atoms with Crippen molar-refractivity contribution >= 4 is 5.69 Å². The average Bonchev–Trinajstić information content (AvgIpc) is 2.32. The van der Waals surface area contributed by atoms with E-state index in [1.165, 1.54) is 0 Å². The molecule has 4 nitrogen and oxygen atoms in total. The van der Waals surface area contributed by atoms with Gasteiger partial charge in [-0.3, -0.25) is 9.97 Å². The highest BCUT2D eigenvalue weighted by atomic mass is 14.8. The van der Waals surface area contributed by atoms with E-state index in [4.69, 9.17) is 11.5 Å². The molecule has 0 aliphatic carbocycles. The van der Waals surface area contributed by atoms with E-state index in [2.05, 4.69) is 16.0 Å². The molecular weight excluding hydrogens is 224 g/mol. The topological polar surface area (TPSA) is 77.8 Å². The Morgan fingerprint density at radius 1 is 1.28 bits per heavy atom. The third kappa shape index (κ3) is 2.65. The van der Waals surface area contributed by atoms with Gasteiger partial charge >= 0.3 is 0 Å². The van der Waals surface area contributed by atoms with Crippen LogP contribution >= 0.6 is 0 Å². The third-order valence-electron chi connectivity index (χ3n) is 2.99. The Hall–Kier alpha value is -1.94. The van der Waals surface area contributed by atoms with Crippen molar-refractivity contribution in [2.45, 2.75) is 26.3 Å². The lowest BCUT2D eigenvalue weighted by molar-refractivity contribution is 0.689. The van der Waals surface area contributed by atoms with E-state index in [0.29, 0.717) is 6.42 Å². The minimum Gasteiger partial charge on any atom is -0.398 e. The summed E-state index contributed by atoms with van der Waals surface area (Å²) in [6, 6.07) is 3.73. The van der Waals surface area contributed by atoms with E-state index in [-0.39, 0.29) is 6.04 Å². The van der Waals surface area contributed by atoms with Gasteiger partial charge < -0.3 is 11.5 Å². The molecule has 0 spiro atoms. The molecule has 0 aliphatic rings. The van der Waals surface area contributed by atoms with Crippen molar-refractivity contribution in [3.05, 3.63) is 53.1 Å². The number of anilines is 1. The van der Waals surface area contributed by atoms with Crippen LogP contribution in [0, 0.1) is 13.8 Å². The van der Waals surface area contributed by atoms with Crippen LogP contribution in [0.2, 0.25) is 0 Å². The molecule has 0 fully saturated rings. The molecule has 94 valence electrons. The van der Waals surface area contributed by atoms with E-state index in [9.17, 15) is 0 Å². The number of nitrogen functional groups attached to an aromatic ring is 1. The zero-order valence-corrected chi connectivity index (χ0v) is 10.7. The number of hydrogen-bond acceptors (Lipinski definition) is 4. The summed E-state index contributed by atoms with van der Waals surface area (Å²) in [5.41, 5.74) is 17.0. The molecular formula is C14H18N4. The van der Waals surface area contributed by atoms with Gasteiger partial charge in [-0.15, -0.1) is 0 Å². The number of aryl methyl sites for hydroxylation is 2. The standard InChI is InChI=1S/C14H18N4/c1-9-5-10(2)14(18-7-9)13(16)6-11-8-17-4-3-12(11)15/h3-5,7-8,13H,6,16H2,1-2H3,(H2,15,17). The first-order chi connectivity index (χ1) is 8.58. The summed E-state index contributed by atoms with van der Waals surface area (Å²) >= 11 is 0. The number of nitrogens with zero attached hydrogens (tertiary/aromatic N) is 2. The minimum absolute atomic E-state index is 0.155. The Morgan fingerprint density at radius 3 is 2.72 bits per heavy atom. The second-order valence-corrected chi connectivity index (χ2v) is 4.60. The summed E-state index contributed by atoms with van der Waals surface area (Å²) in [4.78, 5) is 8.49. The molecule has 1 unspecified atom stereocenters. The molecule has 4 N–H and O–H groups in total. The largest absolute Gasteiger partial charge is 0.398 e. The fourth-order valence-corrected chi connectivity index (χ4v) is 2.06. The van der Waals surface area contributed by atoms with Crippen LogP contribution < -0.4 is 11.5 Å². The van der Waals surface area contributed by atoms with Crippen LogP contribution in [0.5, 0.6) is 0 Å². The summed E-state index contributed by atoms with van der Waals surface area (Å²) in [7, 11) is 0. The van der Waals surface area contributed by atoms with Gasteiger partial charge in [-0.25, -0.2) is 0 Å². The van der Waals surface area contributed by atoms with Crippen molar-refractivity contribution in [3.63, 3.8) is 0 Å². The highest BCUT2D eigenvalue weighted by Crippen LogP contribution is 2.20. The number of rotatable bonds is 3. The molecule has 2 rings (SSSR count). The van der Waals surface area contributed by atoms with E-state index in [1.807, 2.05) is 20.0 Å². The zero-order valence-electron chi connectivity index (χ0n) is 10.7. The Bertz CT molecular complexity index is 551. The lowest BCUT2D eigenvalue weighted by atomic mass is 10.0. The maximum Gasteiger partial charge on any atom is 0.0603 e. The van der Waals surface area contributed by atoms with Crippen LogP contribution in [0.3, 0.4) is 0 Å². The lowest BCUT2D eigenvalue weighted by Crippen LogP contribution is -2.17. The fraction of sp³-hybridized carbons (Fsp3) is 0.286. The molecule has 2 aromatic heterocycles. The van der Waals surface area contributed by atoms with Gasteiger partial charge in [-0.1, -0.05) is 6.07 Å². The van der Waals surface area contributed by atoms with Crippen molar-refractivity contribution in [2.75, 3.05) is 5.73 Å². The van der Waals surface area contributed by atoms with Crippen LogP contribution in [-0.4, -0.2) is 9.97 Å². The second kappa shape index (κ2) is 5.14. The molecule has 0 radical (unpaired) electrons. The molecule has 4 heteroatoms. The molecule has 0 amide bonds. The summed E-state index contributed by atoms with van der Waals surface area (Å²) in [6.07, 6.45) is 5.93. The summed E-state index contributed by atoms with van der Waals surface area (Å²) in [5, 5.41) is 0. The molecule has 0 aromatic carbocycles. The number of hydrogen-bond donors (Lipinski definition) is 2. The first kappa shape index (κ1) is 12.5. The van der Waals surface area contributed by atoms with E-state index >= 15 is 0 Å². The monoisotopic (exact) mass is 242 g/mol. The van der Waals surface area contributed by atoms with Crippen molar-refractivity contribution in [3.8, 4) is 0 Å². The smallest absolute Gasteiger partial charge is 0.0603 e. The predicted octanol–water partition coefficient (Wildman–Crippen LogP) is 1.92. The van der Waals surface area contributed by atoms with Gasteiger partial charge in [0, 0.05) is 24.3 Å². The maximum atomic E-state index is 6.20. The van der Waals surface area contributed by atoms with Crippen molar-refractivity contribution in [1.82, 2.24) is 9.97 Å². The first-order valence-electron chi connectivity index (χ1n) is 5.95. The summed E-state index contributed by atoms with van der Waals surface area (Å²) < 4.78 is 0. The van der Waals surface area contributed by atoms with Crippen molar-refractivity contribution in [1.29, 1.82) is 0 Å². The van der Waals surface area contributed by atoms with Crippen LogP contribution in [0.25, 0.3) is 0 Å². The quantitative estimate of drug-likeness (QED) is 0.862. The number of pyridine rings is 2. The van der Waals surface area contributed by atoms with Gasteiger partial charge in [0.1, 0.15) is 0 Å². The lowest BCUT2D eigenvalue weighted by Gasteiger charge is -2.15. The van der Waals surface area contributed by atoms with Crippen molar-refractivity contribution < 1.29 is 0 Å². The van der Waals surface area contributed by atoms with E-state index < -0.39 is 0 Å². The number of nitrogens with two attached hydrogens (primary N) is 2. The second-order valence-electron chi connectivity index (χ2n) is 4.60. The number of aromatic nitrogens is 2.